The predicted octanol–water partition coefficient (Wildman–Crippen LogP) is 2.44. The van der Waals surface area contributed by atoms with Crippen molar-refractivity contribution < 1.29 is 4.39 Å². The summed E-state index contributed by atoms with van der Waals surface area (Å²) in [6.07, 6.45) is 2.01. The third-order valence-electron chi connectivity index (χ3n) is 2.39. The van der Waals surface area contributed by atoms with E-state index < -0.39 is 0 Å². The normalized spacial score (nSPS) is 12.9. The summed E-state index contributed by atoms with van der Waals surface area (Å²) in [5.41, 5.74) is 4.78. The summed E-state index contributed by atoms with van der Waals surface area (Å²) in [7, 11) is 0. The van der Waals surface area contributed by atoms with Gasteiger partial charge in [-0.2, -0.15) is 0 Å². The van der Waals surface area contributed by atoms with Crippen molar-refractivity contribution in [3.8, 4) is 0 Å². The topological polar surface area (TPSA) is 38.0 Å². The smallest absolute Gasteiger partial charge is 0.123 e. The number of aryl methyl sites for hydroxylation is 1. The lowest BCUT2D eigenvalue weighted by atomic mass is 9.98. The van der Waals surface area contributed by atoms with Crippen LogP contribution in [-0.4, -0.2) is 0 Å². The van der Waals surface area contributed by atoms with E-state index in [2.05, 4.69) is 12.3 Å². The minimum absolute atomic E-state index is 0.126. The van der Waals surface area contributed by atoms with Crippen LogP contribution in [0, 0.1) is 12.7 Å². The summed E-state index contributed by atoms with van der Waals surface area (Å²) in [5.74, 6) is 5.26. The van der Waals surface area contributed by atoms with Gasteiger partial charge in [0, 0.05) is 6.04 Å². The zero-order chi connectivity index (χ0) is 10.6. The molecule has 0 radical (unpaired) electrons. The maximum Gasteiger partial charge on any atom is 0.123 e. The molecule has 2 nitrogen and oxygen atoms in total. The standard InChI is InChI=1S/C11H17FN2/c1-3-4-11(14-13)10-6-5-9(12)7-8(10)2/h5-7,11,14H,3-4,13H2,1-2H3. The Kier molecular flexibility index (Phi) is 4.04. The summed E-state index contributed by atoms with van der Waals surface area (Å²) in [6, 6.07) is 4.93. The van der Waals surface area contributed by atoms with Crippen LogP contribution in [0.4, 0.5) is 4.39 Å². The fourth-order valence-electron chi connectivity index (χ4n) is 1.65. The maximum atomic E-state index is 12.8. The number of benzene rings is 1. The summed E-state index contributed by atoms with van der Waals surface area (Å²) in [6.45, 7) is 4.00. The number of halogens is 1. The second-order valence-corrected chi connectivity index (χ2v) is 3.51. The van der Waals surface area contributed by atoms with Crippen LogP contribution in [0.5, 0.6) is 0 Å². The van der Waals surface area contributed by atoms with Gasteiger partial charge in [0.15, 0.2) is 0 Å². The quantitative estimate of drug-likeness (QED) is 0.573. The molecule has 0 aliphatic carbocycles. The number of rotatable bonds is 4. The van der Waals surface area contributed by atoms with Gasteiger partial charge in [0.05, 0.1) is 0 Å². The molecule has 1 rings (SSSR count). The molecule has 1 unspecified atom stereocenters. The van der Waals surface area contributed by atoms with Crippen molar-refractivity contribution in [3.05, 3.63) is 35.1 Å². The number of hydrogen-bond donors (Lipinski definition) is 2. The van der Waals surface area contributed by atoms with Crippen LogP contribution in [0.25, 0.3) is 0 Å². The molecule has 0 amide bonds. The van der Waals surface area contributed by atoms with Crippen LogP contribution in [0.1, 0.15) is 36.9 Å². The van der Waals surface area contributed by atoms with E-state index in [1.165, 1.54) is 12.1 Å². The molecule has 1 aromatic rings. The van der Waals surface area contributed by atoms with Gasteiger partial charge in [0.1, 0.15) is 5.82 Å². The highest BCUT2D eigenvalue weighted by Gasteiger charge is 2.11. The molecule has 3 heteroatoms. The monoisotopic (exact) mass is 196 g/mol. The van der Waals surface area contributed by atoms with Crippen molar-refractivity contribution >= 4 is 0 Å². The van der Waals surface area contributed by atoms with Crippen molar-refractivity contribution in [3.63, 3.8) is 0 Å². The molecule has 1 aromatic carbocycles. The summed E-state index contributed by atoms with van der Waals surface area (Å²) < 4.78 is 12.8. The summed E-state index contributed by atoms with van der Waals surface area (Å²) in [5, 5.41) is 0. The first-order valence-electron chi connectivity index (χ1n) is 4.91. The average molecular weight is 196 g/mol. The molecule has 1 atom stereocenters. The lowest BCUT2D eigenvalue weighted by Crippen LogP contribution is -2.28. The first-order chi connectivity index (χ1) is 6.69. The van der Waals surface area contributed by atoms with Crippen LogP contribution >= 0.6 is 0 Å². The second-order valence-electron chi connectivity index (χ2n) is 3.51. The van der Waals surface area contributed by atoms with Gasteiger partial charge in [-0.05, 0) is 36.6 Å². The van der Waals surface area contributed by atoms with Crippen molar-refractivity contribution in [2.45, 2.75) is 32.7 Å². The Morgan fingerprint density at radius 3 is 2.71 bits per heavy atom. The van der Waals surface area contributed by atoms with E-state index in [1.54, 1.807) is 6.07 Å². The molecular formula is C11H17FN2. The zero-order valence-electron chi connectivity index (χ0n) is 8.68. The van der Waals surface area contributed by atoms with E-state index in [9.17, 15) is 4.39 Å². The third-order valence-corrected chi connectivity index (χ3v) is 2.39. The van der Waals surface area contributed by atoms with Crippen molar-refractivity contribution in [1.82, 2.24) is 5.43 Å². The Hall–Kier alpha value is -0.930. The molecule has 78 valence electrons. The minimum atomic E-state index is -0.196. The van der Waals surface area contributed by atoms with E-state index >= 15 is 0 Å². The maximum absolute atomic E-state index is 12.8. The number of hydrogen-bond acceptors (Lipinski definition) is 2. The fourth-order valence-corrected chi connectivity index (χ4v) is 1.65. The number of hydrazine groups is 1. The Balaban J connectivity index is 2.92. The Morgan fingerprint density at radius 1 is 1.50 bits per heavy atom. The molecule has 0 spiro atoms. The third kappa shape index (κ3) is 2.53. The van der Waals surface area contributed by atoms with Crippen LogP contribution in [-0.2, 0) is 0 Å². The van der Waals surface area contributed by atoms with Gasteiger partial charge in [-0.25, -0.2) is 4.39 Å². The predicted molar refractivity (Wildman–Crippen MR) is 56.1 cm³/mol. The molecule has 0 bridgehead atoms. The van der Waals surface area contributed by atoms with E-state index in [4.69, 9.17) is 5.84 Å². The molecule has 0 aliphatic rings. The average Bonchev–Trinajstić information content (AvgIpc) is 2.15. The minimum Gasteiger partial charge on any atom is -0.271 e. The lowest BCUT2D eigenvalue weighted by molar-refractivity contribution is 0.506. The van der Waals surface area contributed by atoms with Crippen LogP contribution in [0.2, 0.25) is 0 Å². The summed E-state index contributed by atoms with van der Waals surface area (Å²) in [4.78, 5) is 0. The van der Waals surface area contributed by atoms with Gasteiger partial charge in [-0.3, -0.25) is 11.3 Å². The van der Waals surface area contributed by atoms with E-state index in [0.29, 0.717) is 0 Å². The van der Waals surface area contributed by atoms with Gasteiger partial charge >= 0.3 is 0 Å². The van der Waals surface area contributed by atoms with Gasteiger partial charge in [-0.15, -0.1) is 0 Å². The molecule has 3 N–H and O–H groups in total. The number of nitrogens with two attached hydrogens (primary N) is 1. The second kappa shape index (κ2) is 5.08. The molecule has 14 heavy (non-hydrogen) atoms. The molecule has 0 fully saturated rings. The van der Waals surface area contributed by atoms with Gasteiger partial charge in [0.25, 0.3) is 0 Å². The Labute approximate surface area is 84.3 Å². The van der Waals surface area contributed by atoms with Gasteiger partial charge in [0.2, 0.25) is 0 Å². The van der Waals surface area contributed by atoms with Crippen molar-refractivity contribution in [2.75, 3.05) is 0 Å². The van der Waals surface area contributed by atoms with Crippen LogP contribution < -0.4 is 11.3 Å². The Morgan fingerprint density at radius 2 is 2.21 bits per heavy atom. The molecule has 0 saturated heterocycles. The SMILES string of the molecule is CCCC(NN)c1ccc(F)cc1C. The summed E-state index contributed by atoms with van der Waals surface area (Å²) >= 11 is 0. The number of nitrogens with one attached hydrogen (secondary N) is 1. The van der Waals surface area contributed by atoms with Crippen LogP contribution in [0.3, 0.4) is 0 Å². The van der Waals surface area contributed by atoms with Gasteiger partial charge < -0.3 is 0 Å². The van der Waals surface area contributed by atoms with Crippen molar-refractivity contribution in [1.29, 1.82) is 0 Å². The molecule has 0 aromatic heterocycles. The highest BCUT2D eigenvalue weighted by molar-refractivity contribution is 5.29. The first kappa shape index (κ1) is 11.1. The molecular weight excluding hydrogens is 179 g/mol. The van der Waals surface area contributed by atoms with Gasteiger partial charge in [-0.1, -0.05) is 19.4 Å². The highest BCUT2D eigenvalue weighted by atomic mass is 19.1. The highest BCUT2D eigenvalue weighted by Crippen LogP contribution is 2.21. The first-order valence-corrected chi connectivity index (χ1v) is 4.91. The fraction of sp³-hybridized carbons (Fsp3) is 0.455. The van der Waals surface area contributed by atoms with E-state index in [-0.39, 0.29) is 11.9 Å². The van der Waals surface area contributed by atoms with E-state index in [0.717, 1.165) is 24.0 Å². The molecule has 0 heterocycles. The Bertz CT molecular complexity index is 299. The largest absolute Gasteiger partial charge is 0.271 e. The van der Waals surface area contributed by atoms with Crippen LogP contribution in [0.15, 0.2) is 18.2 Å². The molecule has 0 saturated carbocycles. The van der Waals surface area contributed by atoms with Crippen molar-refractivity contribution in [2.24, 2.45) is 5.84 Å². The zero-order valence-corrected chi connectivity index (χ0v) is 8.68. The molecule has 0 aliphatic heterocycles. The lowest BCUT2D eigenvalue weighted by Gasteiger charge is -2.17. The van der Waals surface area contributed by atoms with E-state index in [1.807, 2.05) is 6.92 Å².